The first kappa shape index (κ1) is 12.8. The maximum atomic E-state index is 11.2. The third-order valence-electron chi connectivity index (χ3n) is 1.94. The molecule has 0 aromatic heterocycles. The molecular formula is C10H16N2O3S. The first-order valence-corrected chi connectivity index (χ1v) is 6.36. The smallest absolute Gasteiger partial charge is 0.238 e. The van der Waals surface area contributed by atoms with Gasteiger partial charge < -0.3 is 10.1 Å². The number of nitrogens with one attached hydrogen (secondary N) is 1. The zero-order valence-electron chi connectivity index (χ0n) is 9.52. The van der Waals surface area contributed by atoms with Crippen LogP contribution in [0.3, 0.4) is 0 Å². The van der Waals surface area contributed by atoms with Gasteiger partial charge in [-0.15, -0.1) is 0 Å². The van der Waals surface area contributed by atoms with Crippen LogP contribution in [0.1, 0.15) is 13.8 Å². The average molecular weight is 244 g/mol. The second-order valence-corrected chi connectivity index (χ2v) is 5.27. The number of ether oxygens (including phenoxy) is 1. The van der Waals surface area contributed by atoms with E-state index < -0.39 is 10.0 Å². The van der Waals surface area contributed by atoms with E-state index in [1.165, 1.54) is 19.2 Å². The van der Waals surface area contributed by atoms with Crippen LogP contribution in [0.15, 0.2) is 23.1 Å². The van der Waals surface area contributed by atoms with Gasteiger partial charge in [-0.2, -0.15) is 0 Å². The largest absolute Gasteiger partial charge is 0.495 e. The first-order chi connectivity index (χ1) is 7.34. The maximum Gasteiger partial charge on any atom is 0.238 e. The minimum Gasteiger partial charge on any atom is -0.495 e. The normalized spacial score (nSPS) is 11.6. The Hall–Kier alpha value is -1.27. The van der Waals surface area contributed by atoms with Crippen molar-refractivity contribution in [3.63, 3.8) is 0 Å². The van der Waals surface area contributed by atoms with Crippen molar-refractivity contribution in [2.75, 3.05) is 12.4 Å². The molecular weight excluding hydrogens is 228 g/mol. The Balaban J connectivity index is 3.21. The number of benzene rings is 1. The van der Waals surface area contributed by atoms with Crippen molar-refractivity contribution in [3.05, 3.63) is 18.2 Å². The molecule has 1 aromatic carbocycles. The summed E-state index contributed by atoms with van der Waals surface area (Å²) in [4.78, 5) is 0.0662. The van der Waals surface area contributed by atoms with Gasteiger partial charge >= 0.3 is 0 Å². The van der Waals surface area contributed by atoms with Crippen molar-refractivity contribution < 1.29 is 13.2 Å². The predicted molar refractivity (Wildman–Crippen MR) is 63.1 cm³/mol. The number of nitrogens with two attached hydrogens (primary N) is 1. The third kappa shape index (κ3) is 3.11. The van der Waals surface area contributed by atoms with E-state index in [9.17, 15) is 8.42 Å². The fraction of sp³-hybridized carbons (Fsp3) is 0.400. The summed E-state index contributed by atoms with van der Waals surface area (Å²) in [5.74, 6) is 0.584. The average Bonchev–Trinajstić information content (AvgIpc) is 2.15. The molecule has 0 fully saturated rings. The fourth-order valence-corrected chi connectivity index (χ4v) is 1.83. The number of rotatable bonds is 4. The summed E-state index contributed by atoms with van der Waals surface area (Å²) < 4.78 is 27.5. The third-order valence-corrected chi connectivity index (χ3v) is 2.85. The SMILES string of the molecule is COc1ccc(S(N)(=O)=O)cc1NC(C)C. The molecule has 1 rings (SSSR count). The summed E-state index contributed by atoms with van der Waals surface area (Å²) in [5.41, 5.74) is 0.615. The van der Waals surface area contributed by atoms with Gasteiger partial charge in [0.2, 0.25) is 10.0 Å². The van der Waals surface area contributed by atoms with Gasteiger partial charge in [0.05, 0.1) is 17.7 Å². The number of sulfonamides is 1. The highest BCUT2D eigenvalue weighted by molar-refractivity contribution is 7.89. The molecule has 0 atom stereocenters. The molecule has 0 aliphatic carbocycles. The highest BCUT2D eigenvalue weighted by Crippen LogP contribution is 2.27. The van der Waals surface area contributed by atoms with Gasteiger partial charge in [0.25, 0.3) is 0 Å². The van der Waals surface area contributed by atoms with E-state index in [2.05, 4.69) is 5.32 Å². The number of methoxy groups -OCH3 is 1. The highest BCUT2D eigenvalue weighted by atomic mass is 32.2. The number of hydrogen-bond acceptors (Lipinski definition) is 4. The predicted octanol–water partition coefficient (Wildman–Crippen LogP) is 1.16. The van der Waals surface area contributed by atoms with E-state index in [1.54, 1.807) is 6.07 Å². The Morgan fingerprint density at radius 2 is 2.00 bits per heavy atom. The summed E-state index contributed by atoms with van der Waals surface area (Å²) in [6.07, 6.45) is 0. The molecule has 3 N–H and O–H groups in total. The maximum absolute atomic E-state index is 11.2. The lowest BCUT2D eigenvalue weighted by Gasteiger charge is -2.14. The Bertz CT molecular complexity index is 469. The van der Waals surface area contributed by atoms with Gasteiger partial charge in [0, 0.05) is 6.04 Å². The van der Waals surface area contributed by atoms with Crippen LogP contribution in [-0.2, 0) is 10.0 Å². The minimum absolute atomic E-state index is 0.0662. The van der Waals surface area contributed by atoms with Crippen LogP contribution < -0.4 is 15.2 Å². The molecule has 16 heavy (non-hydrogen) atoms. The Labute approximate surface area is 95.7 Å². The molecule has 5 nitrogen and oxygen atoms in total. The molecule has 0 spiro atoms. The van der Waals surface area contributed by atoms with Crippen molar-refractivity contribution in [2.45, 2.75) is 24.8 Å². The summed E-state index contributed by atoms with van der Waals surface area (Å²) >= 11 is 0. The molecule has 0 bridgehead atoms. The van der Waals surface area contributed by atoms with Gasteiger partial charge in [0.15, 0.2) is 0 Å². The fourth-order valence-electron chi connectivity index (χ4n) is 1.29. The molecule has 1 aromatic rings. The summed E-state index contributed by atoms with van der Waals surface area (Å²) in [6, 6.07) is 4.63. The molecule has 0 aliphatic rings. The molecule has 0 aliphatic heterocycles. The van der Waals surface area contributed by atoms with Crippen molar-refractivity contribution in [1.82, 2.24) is 0 Å². The van der Waals surface area contributed by atoms with E-state index in [-0.39, 0.29) is 10.9 Å². The second kappa shape index (κ2) is 4.71. The number of hydrogen-bond donors (Lipinski definition) is 2. The first-order valence-electron chi connectivity index (χ1n) is 4.82. The van der Waals surface area contributed by atoms with Crippen LogP contribution in [0, 0.1) is 0 Å². The van der Waals surface area contributed by atoms with Gasteiger partial charge in [0.1, 0.15) is 5.75 Å². The van der Waals surface area contributed by atoms with E-state index >= 15 is 0 Å². The van der Waals surface area contributed by atoms with Gasteiger partial charge in [-0.25, -0.2) is 13.6 Å². The summed E-state index contributed by atoms with van der Waals surface area (Å²) in [7, 11) is -2.16. The Morgan fingerprint density at radius 1 is 1.38 bits per heavy atom. The van der Waals surface area contributed by atoms with Crippen molar-refractivity contribution in [2.24, 2.45) is 5.14 Å². The zero-order valence-corrected chi connectivity index (χ0v) is 10.3. The van der Waals surface area contributed by atoms with Crippen LogP contribution in [0.4, 0.5) is 5.69 Å². The Morgan fingerprint density at radius 3 is 2.44 bits per heavy atom. The van der Waals surface area contributed by atoms with Crippen LogP contribution in [0.25, 0.3) is 0 Å². The van der Waals surface area contributed by atoms with Crippen LogP contribution in [0.5, 0.6) is 5.75 Å². The molecule has 0 unspecified atom stereocenters. The van der Waals surface area contributed by atoms with Crippen LogP contribution in [-0.4, -0.2) is 21.6 Å². The van der Waals surface area contributed by atoms with Crippen molar-refractivity contribution >= 4 is 15.7 Å². The van der Waals surface area contributed by atoms with Gasteiger partial charge in [-0.1, -0.05) is 0 Å². The lowest BCUT2D eigenvalue weighted by Crippen LogP contribution is -2.14. The van der Waals surface area contributed by atoms with E-state index in [4.69, 9.17) is 9.88 Å². The van der Waals surface area contributed by atoms with E-state index in [0.29, 0.717) is 11.4 Å². The zero-order chi connectivity index (χ0) is 12.3. The molecule has 0 heterocycles. The molecule has 0 saturated heterocycles. The van der Waals surface area contributed by atoms with Gasteiger partial charge in [-0.05, 0) is 32.0 Å². The van der Waals surface area contributed by atoms with Crippen LogP contribution in [0.2, 0.25) is 0 Å². The summed E-state index contributed by atoms with van der Waals surface area (Å²) in [6.45, 7) is 3.89. The quantitative estimate of drug-likeness (QED) is 0.832. The van der Waals surface area contributed by atoms with Gasteiger partial charge in [-0.3, -0.25) is 0 Å². The molecule has 0 saturated carbocycles. The molecule has 0 amide bonds. The lowest BCUT2D eigenvalue weighted by molar-refractivity contribution is 0.416. The van der Waals surface area contributed by atoms with Crippen molar-refractivity contribution in [3.8, 4) is 5.75 Å². The number of anilines is 1. The van der Waals surface area contributed by atoms with E-state index in [1.807, 2.05) is 13.8 Å². The minimum atomic E-state index is -3.68. The van der Waals surface area contributed by atoms with Crippen molar-refractivity contribution in [1.29, 1.82) is 0 Å². The molecule has 0 radical (unpaired) electrons. The van der Waals surface area contributed by atoms with E-state index in [0.717, 1.165) is 0 Å². The summed E-state index contributed by atoms with van der Waals surface area (Å²) in [5, 5.41) is 8.14. The lowest BCUT2D eigenvalue weighted by atomic mass is 10.2. The standard InChI is InChI=1S/C10H16N2O3S/c1-7(2)12-9-6-8(16(11,13)14)4-5-10(9)15-3/h4-7,12H,1-3H3,(H2,11,13,14). The number of primary sulfonamides is 1. The second-order valence-electron chi connectivity index (χ2n) is 3.71. The Kier molecular flexibility index (Phi) is 3.77. The molecule has 90 valence electrons. The monoisotopic (exact) mass is 244 g/mol. The highest BCUT2D eigenvalue weighted by Gasteiger charge is 2.12. The topological polar surface area (TPSA) is 81.4 Å². The van der Waals surface area contributed by atoms with Crippen LogP contribution >= 0.6 is 0 Å². The molecule has 6 heteroatoms.